The van der Waals surface area contributed by atoms with Crippen LogP contribution >= 0.6 is 0 Å². The van der Waals surface area contributed by atoms with E-state index in [0.717, 1.165) is 26.1 Å². The van der Waals surface area contributed by atoms with E-state index in [9.17, 15) is 0 Å². The normalized spacial score (nSPS) is 11.1. The number of hydrogen-bond acceptors (Lipinski definition) is 1. The summed E-state index contributed by atoms with van der Waals surface area (Å²) < 4.78 is 5.71. The highest BCUT2D eigenvalue weighted by molar-refractivity contribution is 5.85. The van der Waals surface area contributed by atoms with Crippen LogP contribution in [0.1, 0.15) is 44.6 Å². The molecule has 0 fully saturated rings. The van der Waals surface area contributed by atoms with E-state index in [-0.39, 0.29) is 0 Å². The number of rotatable bonds is 9. The zero-order chi connectivity index (χ0) is 14.0. The molecule has 1 nitrogen and oxygen atoms in total. The Hall–Kier alpha value is -1.34. The second-order valence-electron chi connectivity index (χ2n) is 5.41. The first-order valence-electron chi connectivity index (χ1n) is 7.96. The minimum Gasteiger partial charge on any atom is -0.381 e. The standard InChI is InChI=1S/C19H26O/c1-2-3-4-7-15-20-16-9-13-18-12-8-11-17-10-5-6-14-19(17)18/h5-6,8,10-12,14H,2-4,7,9,13,15-16H2,1H3. The van der Waals surface area contributed by atoms with Crippen LogP contribution in [0, 0.1) is 0 Å². The minimum atomic E-state index is 0.884. The average Bonchev–Trinajstić information content (AvgIpc) is 2.50. The number of hydrogen-bond donors (Lipinski definition) is 0. The molecule has 0 unspecified atom stereocenters. The largest absolute Gasteiger partial charge is 0.381 e. The SMILES string of the molecule is CCCCCCOCCCc1cccc2ccccc12. The van der Waals surface area contributed by atoms with Gasteiger partial charge in [0.1, 0.15) is 0 Å². The molecule has 2 aromatic rings. The smallest absolute Gasteiger partial charge is 0.0469 e. The Morgan fingerprint density at radius 1 is 0.800 bits per heavy atom. The molecule has 108 valence electrons. The van der Waals surface area contributed by atoms with Crippen LogP contribution in [0.15, 0.2) is 42.5 Å². The van der Waals surface area contributed by atoms with E-state index in [1.165, 1.54) is 42.0 Å². The molecule has 0 N–H and O–H groups in total. The highest BCUT2D eigenvalue weighted by Gasteiger charge is 2.00. The summed E-state index contributed by atoms with van der Waals surface area (Å²) in [5, 5.41) is 2.73. The van der Waals surface area contributed by atoms with E-state index < -0.39 is 0 Å². The van der Waals surface area contributed by atoms with E-state index in [0.29, 0.717) is 0 Å². The molecule has 2 aromatic carbocycles. The Balaban J connectivity index is 1.71. The van der Waals surface area contributed by atoms with Crippen molar-refractivity contribution in [2.24, 2.45) is 0 Å². The molecule has 0 radical (unpaired) electrons. The summed E-state index contributed by atoms with van der Waals surface area (Å²) >= 11 is 0. The van der Waals surface area contributed by atoms with Crippen molar-refractivity contribution in [1.82, 2.24) is 0 Å². The number of benzene rings is 2. The molecule has 20 heavy (non-hydrogen) atoms. The Morgan fingerprint density at radius 2 is 1.60 bits per heavy atom. The van der Waals surface area contributed by atoms with Gasteiger partial charge in [0.2, 0.25) is 0 Å². The van der Waals surface area contributed by atoms with Crippen LogP contribution in [0.3, 0.4) is 0 Å². The van der Waals surface area contributed by atoms with Gasteiger partial charge in [0.05, 0.1) is 0 Å². The zero-order valence-corrected chi connectivity index (χ0v) is 12.6. The van der Waals surface area contributed by atoms with Gasteiger partial charge >= 0.3 is 0 Å². The molecule has 1 heteroatoms. The number of fused-ring (bicyclic) bond motifs is 1. The molecule has 0 atom stereocenters. The van der Waals surface area contributed by atoms with E-state index in [1.807, 2.05) is 0 Å². The molecule has 0 aliphatic carbocycles. The van der Waals surface area contributed by atoms with Crippen molar-refractivity contribution in [1.29, 1.82) is 0 Å². The van der Waals surface area contributed by atoms with Crippen molar-refractivity contribution in [3.05, 3.63) is 48.0 Å². The average molecular weight is 270 g/mol. The van der Waals surface area contributed by atoms with Crippen LogP contribution in [-0.4, -0.2) is 13.2 Å². The molecule has 0 amide bonds. The third-order valence-electron chi connectivity index (χ3n) is 3.76. The Labute approximate surface area is 123 Å². The molecular weight excluding hydrogens is 244 g/mol. The van der Waals surface area contributed by atoms with Gasteiger partial charge < -0.3 is 4.74 Å². The maximum atomic E-state index is 5.71. The quantitative estimate of drug-likeness (QED) is 0.557. The molecule has 0 aliphatic rings. The van der Waals surface area contributed by atoms with Crippen LogP contribution in [0.25, 0.3) is 10.8 Å². The summed E-state index contributed by atoms with van der Waals surface area (Å²) in [4.78, 5) is 0. The fourth-order valence-corrected chi connectivity index (χ4v) is 2.61. The fraction of sp³-hybridized carbons (Fsp3) is 0.474. The van der Waals surface area contributed by atoms with Crippen LogP contribution < -0.4 is 0 Å². The highest BCUT2D eigenvalue weighted by atomic mass is 16.5. The number of unbranched alkanes of at least 4 members (excludes halogenated alkanes) is 3. The third-order valence-corrected chi connectivity index (χ3v) is 3.76. The summed E-state index contributed by atoms with van der Waals surface area (Å²) in [6.45, 7) is 4.05. The maximum absolute atomic E-state index is 5.71. The van der Waals surface area contributed by atoms with Gasteiger partial charge in [0.25, 0.3) is 0 Å². The second-order valence-corrected chi connectivity index (χ2v) is 5.41. The summed E-state index contributed by atoms with van der Waals surface area (Å²) in [7, 11) is 0. The lowest BCUT2D eigenvalue weighted by molar-refractivity contribution is 0.128. The summed E-state index contributed by atoms with van der Waals surface area (Å²) in [5.41, 5.74) is 1.44. The molecule has 0 aliphatic heterocycles. The first kappa shape index (κ1) is 15.1. The van der Waals surface area contributed by atoms with Crippen molar-refractivity contribution in [3.8, 4) is 0 Å². The summed E-state index contributed by atoms with van der Waals surface area (Å²) in [6, 6.07) is 15.2. The minimum absolute atomic E-state index is 0.884. The lowest BCUT2D eigenvalue weighted by atomic mass is 10.0. The fourth-order valence-electron chi connectivity index (χ4n) is 2.61. The van der Waals surface area contributed by atoms with Gasteiger partial charge in [-0.15, -0.1) is 0 Å². The summed E-state index contributed by atoms with van der Waals surface area (Å²) in [6.07, 6.45) is 7.36. The monoisotopic (exact) mass is 270 g/mol. The lowest BCUT2D eigenvalue weighted by Crippen LogP contribution is -1.99. The van der Waals surface area contributed by atoms with Crippen molar-refractivity contribution >= 4 is 10.8 Å². The van der Waals surface area contributed by atoms with Crippen molar-refractivity contribution in [2.45, 2.75) is 45.4 Å². The lowest BCUT2D eigenvalue weighted by Gasteiger charge is -2.07. The Bertz CT molecular complexity index is 499. The molecule has 0 aromatic heterocycles. The Morgan fingerprint density at radius 3 is 2.50 bits per heavy atom. The van der Waals surface area contributed by atoms with E-state index in [2.05, 4.69) is 49.4 Å². The highest BCUT2D eigenvalue weighted by Crippen LogP contribution is 2.19. The van der Waals surface area contributed by atoms with Gasteiger partial charge in [-0.05, 0) is 35.6 Å². The first-order valence-corrected chi connectivity index (χ1v) is 7.96. The molecule has 0 spiro atoms. The van der Waals surface area contributed by atoms with E-state index >= 15 is 0 Å². The molecule has 0 saturated carbocycles. The predicted octanol–water partition coefficient (Wildman–Crippen LogP) is 5.37. The predicted molar refractivity (Wildman–Crippen MR) is 87.2 cm³/mol. The van der Waals surface area contributed by atoms with Crippen LogP contribution in [0.2, 0.25) is 0 Å². The van der Waals surface area contributed by atoms with Gasteiger partial charge in [-0.3, -0.25) is 0 Å². The molecular formula is C19H26O. The van der Waals surface area contributed by atoms with Crippen molar-refractivity contribution < 1.29 is 4.74 Å². The van der Waals surface area contributed by atoms with Gasteiger partial charge in [-0.2, -0.15) is 0 Å². The van der Waals surface area contributed by atoms with Crippen molar-refractivity contribution in [3.63, 3.8) is 0 Å². The van der Waals surface area contributed by atoms with Gasteiger partial charge in [-0.1, -0.05) is 68.7 Å². The maximum Gasteiger partial charge on any atom is 0.0469 e. The van der Waals surface area contributed by atoms with Crippen molar-refractivity contribution in [2.75, 3.05) is 13.2 Å². The van der Waals surface area contributed by atoms with Gasteiger partial charge in [-0.25, -0.2) is 0 Å². The van der Waals surface area contributed by atoms with E-state index in [1.54, 1.807) is 0 Å². The molecule has 2 rings (SSSR count). The number of aryl methyl sites for hydroxylation is 1. The third kappa shape index (κ3) is 4.64. The van der Waals surface area contributed by atoms with Crippen LogP contribution in [0.5, 0.6) is 0 Å². The zero-order valence-electron chi connectivity index (χ0n) is 12.6. The second kappa shape index (κ2) is 8.76. The number of ether oxygens (including phenoxy) is 1. The van der Waals surface area contributed by atoms with Gasteiger partial charge in [0, 0.05) is 13.2 Å². The summed E-state index contributed by atoms with van der Waals surface area (Å²) in [5.74, 6) is 0. The molecule has 0 heterocycles. The van der Waals surface area contributed by atoms with E-state index in [4.69, 9.17) is 4.74 Å². The first-order chi connectivity index (χ1) is 9.92. The van der Waals surface area contributed by atoms with Gasteiger partial charge in [0.15, 0.2) is 0 Å². The molecule has 0 saturated heterocycles. The molecule has 0 bridgehead atoms. The van der Waals surface area contributed by atoms with Crippen LogP contribution in [0.4, 0.5) is 0 Å². The topological polar surface area (TPSA) is 9.23 Å². The Kier molecular flexibility index (Phi) is 6.59. The van der Waals surface area contributed by atoms with Crippen LogP contribution in [-0.2, 0) is 11.2 Å².